The van der Waals surface area contributed by atoms with Crippen LogP contribution in [0.15, 0.2) is 22.6 Å². The molecule has 0 amide bonds. The number of carbonyl (C=O) groups is 1. The molecule has 4 heteroatoms. The molecule has 1 N–H and O–H groups in total. The molecular formula is C16H21NO3. The lowest BCUT2D eigenvalue weighted by Crippen LogP contribution is -2.21. The maximum absolute atomic E-state index is 11.2. The molecule has 20 heavy (non-hydrogen) atoms. The van der Waals surface area contributed by atoms with Crippen molar-refractivity contribution in [3.05, 3.63) is 35.1 Å². The summed E-state index contributed by atoms with van der Waals surface area (Å²) in [6.45, 7) is 9.05. The van der Waals surface area contributed by atoms with Crippen molar-refractivity contribution >= 4 is 16.9 Å². The summed E-state index contributed by atoms with van der Waals surface area (Å²) in [7, 11) is 0. The number of fused-ring (bicyclic) bond motifs is 1. The van der Waals surface area contributed by atoms with Crippen LogP contribution in [0, 0.1) is 0 Å². The third-order valence-corrected chi connectivity index (χ3v) is 3.71. The van der Waals surface area contributed by atoms with Gasteiger partial charge < -0.3 is 9.52 Å². The van der Waals surface area contributed by atoms with Gasteiger partial charge in [0.15, 0.2) is 0 Å². The molecule has 0 aliphatic carbocycles. The number of hydrogen-bond donors (Lipinski definition) is 1. The lowest BCUT2D eigenvalue weighted by atomic mass is 10.1. The first-order valence-electron chi connectivity index (χ1n) is 7.10. The number of furan rings is 1. The molecule has 0 spiro atoms. The monoisotopic (exact) mass is 275 g/mol. The van der Waals surface area contributed by atoms with Crippen LogP contribution in [0.5, 0.6) is 0 Å². The summed E-state index contributed by atoms with van der Waals surface area (Å²) < 4.78 is 5.52. The van der Waals surface area contributed by atoms with Crippen LogP contribution in [0.1, 0.15) is 42.5 Å². The van der Waals surface area contributed by atoms with Crippen LogP contribution in [-0.2, 0) is 13.0 Å². The number of carboxylic acids is 1. The van der Waals surface area contributed by atoms with Crippen LogP contribution in [0.25, 0.3) is 11.0 Å². The summed E-state index contributed by atoms with van der Waals surface area (Å²) in [5.41, 5.74) is 2.60. The van der Waals surface area contributed by atoms with E-state index in [0.29, 0.717) is 12.0 Å². The number of nitrogens with zero attached hydrogens (tertiary/aromatic N) is 1. The van der Waals surface area contributed by atoms with Gasteiger partial charge in [-0.05, 0) is 31.1 Å². The molecule has 0 saturated carbocycles. The van der Waals surface area contributed by atoms with E-state index in [2.05, 4.69) is 24.8 Å². The molecule has 1 aromatic carbocycles. The normalized spacial score (nSPS) is 11.4. The predicted molar refractivity (Wildman–Crippen MR) is 79.2 cm³/mol. The minimum atomic E-state index is -0.997. The van der Waals surface area contributed by atoms with E-state index < -0.39 is 5.97 Å². The van der Waals surface area contributed by atoms with Crippen LogP contribution in [0.2, 0.25) is 0 Å². The zero-order valence-electron chi connectivity index (χ0n) is 12.3. The first-order valence-corrected chi connectivity index (χ1v) is 7.10. The lowest BCUT2D eigenvalue weighted by Gasteiger charge is -2.17. The SMILES string of the molecule is CCc1c(C(=O)O)oc2cc(CN(CC)CC)ccc12. The second-order valence-corrected chi connectivity index (χ2v) is 4.86. The third-order valence-electron chi connectivity index (χ3n) is 3.71. The van der Waals surface area contributed by atoms with Crippen molar-refractivity contribution in [2.75, 3.05) is 13.1 Å². The first kappa shape index (κ1) is 14.6. The molecule has 0 fully saturated rings. The summed E-state index contributed by atoms with van der Waals surface area (Å²) in [6.07, 6.45) is 0.657. The van der Waals surface area contributed by atoms with Gasteiger partial charge >= 0.3 is 5.97 Å². The summed E-state index contributed by atoms with van der Waals surface area (Å²) in [4.78, 5) is 13.5. The largest absolute Gasteiger partial charge is 0.475 e. The van der Waals surface area contributed by atoms with Gasteiger partial charge in [0.1, 0.15) is 5.58 Å². The molecule has 2 aromatic rings. The highest BCUT2D eigenvalue weighted by atomic mass is 16.4. The molecular weight excluding hydrogens is 254 g/mol. The van der Waals surface area contributed by atoms with Gasteiger partial charge in [0, 0.05) is 17.5 Å². The molecule has 0 saturated heterocycles. The fourth-order valence-electron chi connectivity index (χ4n) is 2.52. The Morgan fingerprint density at radius 2 is 1.95 bits per heavy atom. The van der Waals surface area contributed by atoms with Crippen molar-refractivity contribution in [1.82, 2.24) is 4.90 Å². The highest BCUT2D eigenvalue weighted by molar-refractivity contribution is 5.95. The maximum Gasteiger partial charge on any atom is 0.372 e. The van der Waals surface area contributed by atoms with Crippen molar-refractivity contribution in [3.63, 3.8) is 0 Å². The summed E-state index contributed by atoms with van der Waals surface area (Å²) in [5.74, 6) is -0.925. The van der Waals surface area contributed by atoms with Gasteiger partial charge in [0.05, 0.1) is 0 Å². The van der Waals surface area contributed by atoms with E-state index >= 15 is 0 Å². The van der Waals surface area contributed by atoms with Gasteiger partial charge in [-0.15, -0.1) is 0 Å². The van der Waals surface area contributed by atoms with Crippen molar-refractivity contribution in [2.24, 2.45) is 0 Å². The smallest absolute Gasteiger partial charge is 0.372 e. The van der Waals surface area contributed by atoms with E-state index in [1.165, 1.54) is 0 Å². The fraction of sp³-hybridized carbons (Fsp3) is 0.438. The van der Waals surface area contributed by atoms with Crippen LogP contribution in [0.3, 0.4) is 0 Å². The number of aromatic carboxylic acids is 1. The highest BCUT2D eigenvalue weighted by Crippen LogP contribution is 2.27. The topological polar surface area (TPSA) is 53.7 Å². The molecule has 1 heterocycles. The van der Waals surface area contributed by atoms with E-state index in [9.17, 15) is 9.90 Å². The van der Waals surface area contributed by atoms with E-state index in [4.69, 9.17) is 4.42 Å². The van der Waals surface area contributed by atoms with E-state index in [0.717, 1.165) is 36.1 Å². The summed E-state index contributed by atoms with van der Waals surface area (Å²) in [5, 5.41) is 10.1. The molecule has 0 radical (unpaired) electrons. The van der Waals surface area contributed by atoms with Gasteiger partial charge in [-0.2, -0.15) is 0 Å². The van der Waals surface area contributed by atoms with Crippen molar-refractivity contribution in [3.8, 4) is 0 Å². The van der Waals surface area contributed by atoms with Crippen molar-refractivity contribution in [1.29, 1.82) is 0 Å². The third kappa shape index (κ3) is 2.70. The summed E-state index contributed by atoms with van der Waals surface area (Å²) >= 11 is 0. The Morgan fingerprint density at radius 3 is 2.50 bits per heavy atom. The lowest BCUT2D eigenvalue weighted by molar-refractivity contribution is 0.0663. The van der Waals surface area contributed by atoms with Gasteiger partial charge in [-0.25, -0.2) is 4.79 Å². The average Bonchev–Trinajstić information content (AvgIpc) is 2.82. The molecule has 0 bridgehead atoms. The fourth-order valence-corrected chi connectivity index (χ4v) is 2.52. The Hall–Kier alpha value is -1.81. The second kappa shape index (κ2) is 6.09. The molecule has 0 aliphatic rings. The van der Waals surface area contributed by atoms with Crippen LogP contribution < -0.4 is 0 Å². The quantitative estimate of drug-likeness (QED) is 0.876. The minimum Gasteiger partial charge on any atom is -0.475 e. The Morgan fingerprint density at radius 1 is 1.25 bits per heavy atom. The van der Waals surface area contributed by atoms with Crippen molar-refractivity contribution in [2.45, 2.75) is 33.7 Å². The van der Waals surface area contributed by atoms with Gasteiger partial charge in [0.2, 0.25) is 5.76 Å². The van der Waals surface area contributed by atoms with Gasteiger partial charge in [-0.1, -0.05) is 32.9 Å². The zero-order chi connectivity index (χ0) is 14.7. The Balaban J connectivity index is 2.42. The highest BCUT2D eigenvalue weighted by Gasteiger charge is 2.18. The molecule has 0 atom stereocenters. The predicted octanol–water partition coefficient (Wildman–Crippen LogP) is 3.54. The molecule has 0 unspecified atom stereocenters. The van der Waals surface area contributed by atoms with Crippen LogP contribution >= 0.6 is 0 Å². The summed E-state index contributed by atoms with van der Waals surface area (Å²) in [6, 6.07) is 5.99. The van der Waals surface area contributed by atoms with Crippen LogP contribution in [-0.4, -0.2) is 29.1 Å². The Labute approximate surface area is 119 Å². The zero-order valence-corrected chi connectivity index (χ0v) is 12.3. The standard InChI is InChI=1S/C16H21NO3/c1-4-12-13-8-7-11(10-17(5-2)6-3)9-14(13)20-15(12)16(18)19/h7-9H,4-6,10H2,1-3H3,(H,18,19). The Kier molecular flexibility index (Phi) is 4.45. The van der Waals surface area contributed by atoms with Crippen molar-refractivity contribution < 1.29 is 14.3 Å². The number of carboxylic acid groups (broad SMARTS) is 1. The second-order valence-electron chi connectivity index (χ2n) is 4.86. The molecule has 4 nitrogen and oxygen atoms in total. The van der Waals surface area contributed by atoms with E-state index in [1.807, 2.05) is 19.1 Å². The molecule has 0 aliphatic heterocycles. The number of rotatable bonds is 6. The Bertz CT molecular complexity index is 611. The average molecular weight is 275 g/mol. The molecule has 1 aromatic heterocycles. The molecule has 108 valence electrons. The minimum absolute atomic E-state index is 0.0717. The maximum atomic E-state index is 11.2. The van der Waals surface area contributed by atoms with Gasteiger partial charge in [-0.3, -0.25) is 4.90 Å². The number of aryl methyl sites for hydroxylation is 1. The van der Waals surface area contributed by atoms with Gasteiger partial charge in [0.25, 0.3) is 0 Å². The van der Waals surface area contributed by atoms with E-state index in [-0.39, 0.29) is 5.76 Å². The number of benzene rings is 1. The first-order chi connectivity index (χ1) is 9.60. The molecule has 2 rings (SSSR count). The van der Waals surface area contributed by atoms with E-state index in [1.54, 1.807) is 0 Å². The number of hydrogen-bond acceptors (Lipinski definition) is 3. The van der Waals surface area contributed by atoms with Crippen LogP contribution in [0.4, 0.5) is 0 Å².